The fourth-order valence-electron chi connectivity index (χ4n) is 2.82. The summed E-state index contributed by atoms with van der Waals surface area (Å²) in [4.78, 5) is 24.9. The number of piperidine rings is 1. The van der Waals surface area contributed by atoms with Crippen molar-refractivity contribution in [2.24, 2.45) is 5.92 Å². The van der Waals surface area contributed by atoms with Gasteiger partial charge in [-0.05, 0) is 32.1 Å². The molecule has 5 nitrogen and oxygen atoms in total. The number of urea groups is 1. The number of likely N-dealkylation sites (tertiary alicyclic amines) is 1. The van der Waals surface area contributed by atoms with Gasteiger partial charge in [-0.15, -0.1) is 0 Å². The number of carboxylic acids is 1. The zero-order valence-electron chi connectivity index (χ0n) is 12.2. The molecule has 19 heavy (non-hydrogen) atoms. The number of nitrogens with one attached hydrogen (secondary N) is 1. The molecule has 1 aliphatic rings. The van der Waals surface area contributed by atoms with E-state index in [4.69, 9.17) is 0 Å². The first kappa shape index (κ1) is 15.8. The number of carbonyl (C=O) groups is 2. The van der Waals surface area contributed by atoms with Gasteiger partial charge in [-0.2, -0.15) is 0 Å². The summed E-state index contributed by atoms with van der Waals surface area (Å²) in [7, 11) is 0. The highest BCUT2D eigenvalue weighted by Crippen LogP contribution is 2.18. The molecule has 1 rings (SSSR count). The number of aliphatic carboxylic acids is 1. The summed E-state index contributed by atoms with van der Waals surface area (Å²) in [5.41, 5.74) is 0. The zero-order chi connectivity index (χ0) is 14.4. The topological polar surface area (TPSA) is 69.6 Å². The third-order valence-corrected chi connectivity index (χ3v) is 4.16. The number of nitrogens with zero attached hydrogens (tertiary/aromatic N) is 1. The number of hydrogen-bond donors (Lipinski definition) is 2. The van der Waals surface area contributed by atoms with Crippen molar-refractivity contribution >= 4 is 12.0 Å². The molecular weight excluding hydrogens is 244 g/mol. The average Bonchev–Trinajstić information content (AvgIpc) is 2.40. The Balaban J connectivity index is 2.62. The van der Waals surface area contributed by atoms with E-state index in [1.54, 1.807) is 0 Å². The van der Waals surface area contributed by atoms with E-state index in [-0.39, 0.29) is 12.1 Å². The van der Waals surface area contributed by atoms with E-state index in [0.717, 1.165) is 25.7 Å². The van der Waals surface area contributed by atoms with Gasteiger partial charge in [-0.1, -0.05) is 26.7 Å². The Hall–Kier alpha value is -1.26. The predicted octanol–water partition coefficient (Wildman–Crippen LogP) is 2.46. The SMILES string of the molecule is CCC(CC)C(C)NC(=O)N1CCCCC1C(=O)O. The quantitative estimate of drug-likeness (QED) is 0.806. The molecule has 0 aromatic rings. The summed E-state index contributed by atoms with van der Waals surface area (Å²) >= 11 is 0. The fraction of sp³-hybridized carbons (Fsp3) is 0.857. The van der Waals surface area contributed by atoms with Crippen molar-refractivity contribution in [2.45, 2.75) is 65.0 Å². The summed E-state index contributed by atoms with van der Waals surface area (Å²) in [5.74, 6) is -0.456. The second kappa shape index (κ2) is 7.36. The van der Waals surface area contributed by atoms with E-state index in [9.17, 15) is 14.7 Å². The summed E-state index contributed by atoms with van der Waals surface area (Å²) in [6.07, 6.45) is 4.35. The lowest BCUT2D eigenvalue weighted by Gasteiger charge is -2.34. The van der Waals surface area contributed by atoms with Crippen molar-refractivity contribution in [3.63, 3.8) is 0 Å². The van der Waals surface area contributed by atoms with Gasteiger partial charge in [0.05, 0.1) is 0 Å². The number of rotatable bonds is 5. The lowest BCUT2D eigenvalue weighted by molar-refractivity contribution is -0.143. The second-order valence-corrected chi connectivity index (χ2v) is 5.36. The number of amides is 2. The first-order valence-electron chi connectivity index (χ1n) is 7.31. The molecule has 0 aromatic heterocycles. The van der Waals surface area contributed by atoms with Crippen molar-refractivity contribution in [3.8, 4) is 0 Å². The van der Waals surface area contributed by atoms with E-state index in [1.807, 2.05) is 6.92 Å². The second-order valence-electron chi connectivity index (χ2n) is 5.36. The standard InChI is InChI=1S/C14H26N2O3/c1-4-11(5-2)10(3)15-14(19)16-9-7-6-8-12(16)13(17)18/h10-12H,4-9H2,1-3H3,(H,15,19)(H,17,18). The van der Waals surface area contributed by atoms with Crippen LogP contribution in [0.3, 0.4) is 0 Å². The monoisotopic (exact) mass is 270 g/mol. The molecule has 0 aliphatic carbocycles. The molecule has 0 spiro atoms. The molecule has 2 amide bonds. The number of carbonyl (C=O) groups excluding carboxylic acids is 1. The molecule has 1 heterocycles. The van der Waals surface area contributed by atoms with Crippen LogP contribution in [0.25, 0.3) is 0 Å². The predicted molar refractivity (Wildman–Crippen MR) is 74.0 cm³/mol. The molecule has 0 aromatic carbocycles. The Bertz CT molecular complexity index is 316. The van der Waals surface area contributed by atoms with Crippen LogP contribution < -0.4 is 5.32 Å². The molecule has 1 saturated heterocycles. The largest absolute Gasteiger partial charge is 0.480 e. The summed E-state index contributed by atoms with van der Waals surface area (Å²) < 4.78 is 0. The van der Waals surface area contributed by atoms with Crippen LogP contribution in [0, 0.1) is 5.92 Å². The molecule has 110 valence electrons. The fourth-order valence-corrected chi connectivity index (χ4v) is 2.82. The van der Waals surface area contributed by atoms with Gasteiger partial charge in [0.25, 0.3) is 0 Å². The van der Waals surface area contributed by atoms with Crippen LogP contribution in [-0.2, 0) is 4.79 Å². The third-order valence-electron chi connectivity index (χ3n) is 4.16. The summed E-state index contributed by atoms with van der Waals surface area (Å²) in [6, 6.07) is -0.812. The molecular formula is C14H26N2O3. The first-order chi connectivity index (χ1) is 9.01. The smallest absolute Gasteiger partial charge is 0.326 e. The lowest BCUT2D eigenvalue weighted by Crippen LogP contribution is -2.54. The van der Waals surface area contributed by atoms with Crippen molar-refractivity contribution in [1.29, 1.82) is 0 Å². The van der Waals surface area contributed by atoms with E-state index in [1.165, 1.54) is 4.90 Å². The van der Waals surface area contributed by atoms with Crippen LogP contribution in [-0.4, -0.2) is 40.6 Å². The Morgan fingerprint density at radius 1 is 1.32 bits per heavy atom. The molecule has 1 aliphatic heterocycles. The minimum absolute atomic E-state index is 0.0823. The summed E-state index contributed by atoms with van der Waals surface area (Å²) in [6.45, 7) is 6.75. The molecule has 0 saturated carbocycles. The van der Waals surface area contributed by atoms with E-state index in [2.05, 4.69) is 19.2 Å². The van der Waals surface area contributed by atoms with Crippen LogP contribution in [0.15, 0.2) is 0 Å². The van der Waals surface area contributed by atoms with Gasteiger partial charge < -0.3 is 15.3 Å². The minimum atomic E-state index is -0.898. The normalized spacial score (nSPS) is 21.3. The highest BCUT2D eigenvalue weighted by Gasteiger charge is 2.32. The van der Waals surface area contributed by atoms with Crippen LogP contribution in [0.4, 0.5) is 4.79 Å². The highest BCUT2D eigenvalue weighted by molar-refractivity contribution is 5.83. The van der Waals surface area contributed by atoms with Crippen LogP contribution in [0.5, 0.6) is 0 Å². The molecule has 2 atom stereocenters. The van der Waals surface area contributed by atoms with Gasteiger partial charge in [0.2, 0.25) is 0 Å². The maximum Gasteiger partial charge on any atom is 0.326 e. The van der Waals surface area contributed by atoms with Gasteiger partial charge in [0, 0.05) is 12.6 Å². The molecule has 5 heteroatoms. The summed E-state index contributed by atoms with van der Waals surface area (Å²) in [5, 5.41) is 12.1. The molecule has 2 unspecified atom stereocenters. The Labute approximate surface area is 115 Å². The Kier molecular flexibility index (Phi) is 6.12. The first-order valence-corrected chi connectivity index (χ1v) is 7.31. The van der Waals surface area contributed by atoms with Crippen molar-refractivity contribution < 1.29 is 14.7 Å². The van der Waals surface area contributed by atoms with Crippen LogP contribution in [0.1, 0.15) is 52.9 Å². The Morgan fingerprint density at radius 2 is 1.95 bits per heavy atom. The molecule has 2 N–H and O–H groups in total. The molecule has 0 radical (unpaired) electrons. The maximum absolute atomic E-state index is 12.2. The average molecular weight is 270 g/mol. The van der Waals surface area contributed by atoms with Crippen molar-refractivity contribution in [2.75, 3.05) is 6.54 Å². The van der Waals surface area contributed by atoms with Gasteiger partial charge in [0.15, 0.2) is 0 Å². The number of hydrogen-bond acceptors (Lipinski definition) is 2. The number of carboxylic acid groups (broad SMARTS) is 1. The van der Waals surface area contributed by atoms with Gasteiger partial charge >= 0.3 is 12.0 Å². The van der Waals surface area contributed by atoms with Crippen LogP contribution in [0.2, 0.25) is 0 Å². The van der Waals surface area contributed by atoms with Crippen molar-refractivity contribution in [3.05, 3.63) is 0 Å². The third kappa shape index (κ3) is 4.11. The zero-order valence-corrected chi connectivity index (χ0v) is 12.2. The minimum Gasteiger partial charge on any atom is -0.480 e. The van der Waals surface area contributed by atoms with E-state index >= 15 is 0 Å². The van der Waals surface area contributed by atoms with Gasteiger partial charge in [0.1, 0.15) is 6.04 Å². The maximum atomic E-state index is 12.2. The van der Waals surface area contributed by atoms with E-state index < -0.39 is 12.0 Å². The highest BCUT2D eigenvalue weighted by atomic mass is 16.4. The molecule has 1 fully saturated rings. The van der Waals surface area contributed by atoms with Crippen LogP contribution >= 0.6 is 0 Å². The Morgan fingerprint density at radius 3 is 2.47 bits per heavy atom. The molecule has 0 bridgehead atoms. The van der Waals surface area contributed by atoms with Gasteiger partial charge in [-0.25, -0.2) is 9.59 Å². The lowest BCUT2D eigenvalue weighted by atomic mass is 9.95. The van der Waals surface area contributed by atoms with Gasteiger partial charge in [-0.3, -0.25) is 0 Å². The van der Waals surface area contributed by atoms with E-state index in [0.29, 0.717) is 18.9 Å². The van der Waals surface area contributed by atoms with Crippen molar-refractivity contribution in [1.82, 2.24) is 10.2 Å².